The van der Waals surface area contributed by atoms with E-state index in [1.807, 2.05) is 63.4 Å². The maximum Gasteiger partial charge on any atom is 0.260 e. The average molecular weight is 383 g/mol. The van der Waals surface area contributed by atoms with Crippen LogP contribution in [0.25, 0.3) is 10.2 Å². The van der Waals surface area contributed by atoms with Crippen molar-refractivity contribution in [1.82, 2.24) is 9.88 Å². The Morgan fingerprint density at radius 2 is 1.70 bits per heavy atom. The Morgan fingerprint density at radius 3 is 2.30 bits per heavy atom. The third-order valence-corrected chi connectivity index (χ3v) is 5.53. The Balaban J connectivity index is 1.96. The largest absolute Gasteiger partial charge is 0.378 e. The van der Waals surface area contributed by atoms with E-state index in [2.05, 4.69) is 24.0 Å². The van der Waals surface area contributed by atoms with Gasteiger partial charge in [0, 0.05) is 38.4 Å². The first-order valence-electron chi connectivity index (χ1n) is 8.97. The lowest BCUT2D eigenvalue weighted by atomic mass is 10.1. The van der Waals surface area contributed by atoms with Crippen LogP contribution in [0.1, 0.15) is 15.9 Å². The van der Waals surface area contributed by atoms with Crippen LogP contribution in [0, 0.1) is 6.92 Å². The lowest BCUT2D eigenvalue weighted by Crippen LogP contribution is -2.36. The number of carbonyl (C=O) groups is 1. The second-order valence-corrected chi connectivity index (χ2v) is 8.13. The van der Waals surface area contributed by atoms with Crippen LogP contribution in [0.4, 0.5) is 10.8 Å². The molecule has 3 aromatic rings. The Labute approximate surface area is 164 Å². The second kappa shape index (κ2) is 8.06. The molecule has 0 spiro atoms. The summed E-state index contributed by atoms with van der Waals surface area (Å²) in [5.74, 6) is -0.0149. The van der Waals surface area contributed by atoms with Gasteiger partial charge in [-0.05, 0) is 56.9 Å². The van der Waals surface area contributed by atoms with Crippen molar-refractivity contribution < 1.29 is 4.79 Å². The Kier molecular flexibility index (Phi) is 5.77. The molecule has 142 valence electrons. The topological polar surface area (TPSA) is 39.7 Å². The van der Waals surface area contributed by atoms with Crippen LogP contribution in [0.3, 0.4) is 0 Å². The molecule has 0 radical (unpaired) electrons. The van der Waals surface area contributed by atoms with Crippen LogP contribution in [0.5, 0.6) is 0 Å². The first-order chi connectivity index (χ1) is 12.9. The van der Waals surface area contributed by atoms with Crippen LogP contribution in [0.15, 0.2) is 42.5 Å². The summed E-state index contributed by atoms with van der Waals surface area (Å²) >= 11 is 1.57. The molecule has 0 unspecified atom stereocenters. The number of fused-ring (bicyclic) bond motifs is 1. The van der Waals surface area contributed by atoms with Gasteiger partial charge >= 0.3 is 0 Å². The summed E-state index contributed by atoms with van der Waals surface area (Å²) in [4.78, 5) is 23.9. The fraction of sp³-hybridized carbons (Fsp3) is 0.333. The molecule has 0 saturated carbocycles. The predicted octanol–water partition coefficient (Wildman–Crippen LogP) is 3.88. The van der Waals surface area contributed by atoms with Gasteiger partial charge in [0.05, 0.1) is 10.2 Å². The highest BCUT2D eigenvalue weighted by Crippen LogP contribution is 2.31. The molecule has 2 aromatic carbocycles. The second-order valence-electron chi connectivity index (χ2n) is 7.12. The molecule has 0 aliphatic heterocycles. The Morgan fingerprint density at radius 1 is 1.00 bits per heavy atom. The number of aromatic nitrogens is 1. The van der Waals surface area contributed by atoms with Crippen molar-refractivity contribution >= 4 is 38.3 Å². The van der Waals surface area contributed by atoms with E-state index in [4.69, 9.17) is 4.98 Å². The van der Waals surface area contributed by atoms with E-state index in [9.17, 15) is 4.79 Å². The third-order valence-electron chi connectivity index (χ3n) is 4.49. The van der Waals surface area contributed by atoms with Crippen LogP contribution >= 0.6 is 11.3 Å². The minimum Gasteiger partial charge on any atom is -0.378 e. The van der Waals surface area contributed by atoms with Crippen molar-refractivity contribution in [3.8, 4) is 0 Å². The van der Waals surface area contributed by atoms with Gasteiger partial charge in [0.2, 0.25) is 0 Å². The number of anilines is 2. The molecule has 0 bridgehead atoms. The van der Waals surface area contributed by atoms with Gasteiger partial charge in [-0.25, -0.2) is 4.98 Å². The highest BCUT2D eigenvalue weighted by molar-refractivity contribution is 7.22. The molecule has 0 aliphatic carbocycles. The molecule has 0 aliphatic rings. The first kappa shape index (κ1) is 19.3. The van der Waals surface area contributed by atoms with Gasteiger partial charge in [0.1, 0.15) is 0 Å². The van der Waals surface area contributed by atoms with Crippen LogP contribution < -0.4 is 9.80 Å². The van der Waals surface area contributed by atoms with E-state index in [0.717, 1.165) is 33.1 Å². The molecule has 0 saturated heterocycles. The van der Waals surface area contributed by atoms with Crippen LogP contribution in [-0.4, -0.2) is 57.1 Å². The van der Waals surface area contributed by atoms with E-state index in [1.54, 1.807) is 16.2 Å². The summed E-state index contributed by atoms with van der Waals surface area (Å²) < 4.78 is 1.11. The number of hydrogen-bond donors (Lipinski definition) is 0. The Hall–Kier alpha value is -2.44. The van der Waals surface area contributed by atoms with Gasteiger partial charge in [0.25, 0.3) is 5.91 Å². The van der Waals surface area contributed by atoms with Crippen LogP contribution in [-0.2, 0) is 0 Å². The number of thiazole rings is 1. The van der Waals surface area contributed by atoms with Crippen molar-refractivity contribution in [1.29, 1.82) is 0 Å². The molecule has 3 rings (SSSR count). The van der Waals surface area contributed by atoms with E-state index in [0.29, 0.717) is 12.1 Å². The number of rotatable bonds is 6. The standard InChI is InChI=1S/C21H26N4OS/c1-15-7-6-8-18-19(15)22-21(27-18)25(14-13-23(2)3)20(26)16-9-11-17(12-10-16)24(4)5/h6-12H,13-14H2,1-5H3. The summed E-state index contributed by atoms with van der Waals surface area (Å²) in [6.07, 6.45) is 0. The van der Waals surface area contributed by atoms with Gasteiger partial charge in [0.15, 0.2) is 5.13 Å². The van der Waals surface area contributed by atoms with E-state index in [-0.39, 0.29) is 5.91 Å². The fourth-order valence-corrected chi connectivity index (χ4v) is 3.90. The number of carbonyl (C=O) groups excluding carboxylic acids is 1. The molecule has 27 heavy (non-hydrogen) atoms. The van der Waals surface area contributed by atoms with E-state index in [1.165, 1.54) is 0 Å². The minimum absolute atomic E-state index is 0.0149. The molecule has 0 atom stereocenters. The molecule has 1 aromatic heterocycles. The predicted molar refractivity (Wildman–Crippen MR) is 115 cm³/mol. The van der Waals surface area contributed by atoms with E-state index >= 15 is 0 Å². The SMILES string of the molecule is Cc1cccc2sc(N(CCN(C)C)C(=O)c3ccc(N(C)C)cc3)nc12. The highest BCUT2D eigenvalue weighted by Gasteiger charge is 2.21. The monoisotopic (exact) mass is 382 g/mol. The van der Waals surface area contributed by atoms with E-state index < -0.39 is 0 Å². The zero-order chi connectivity index (χ0) is 19.6. The number of amides is 1. The zero-order valence-electron chi connectivity index (χ0n) is 16.6. The molecular weight excluding hydrogens is 356 g/mol. The molecule has 1 heterocycles. The third kappa shape index (κ3) is 4.28. The summed E-state index contributed by atoms with van der Waals surface area (Å²) in [5.41, 5.74) is 3.85. The molecule has 0 N–H and O–H groups in total. The van der Waals surface area contributed by atoms with Crippen molar-refractivity contribution in [2.45, 2.75) is 6.92 Å². The van der Waals surface area contributed by atoms with Gasteiger partial charge in [-0.2, -0.15) is 0 Å². The van der Waals surface area contributed by atoms with Gasteiger partial charge < -0.3 is 9.80 Å². The summed E-state index contributed by atoms with van der Waals surface area (Å²) in [6.45, 7) is 3.42. The quantitative estimate of drug-likeness (QED) is 0.649. The van der Waals surface area contributed by atoms with Gasteiger partial charge in [-0.15, -0.1) is 0 Å². The minimum atomic E-state index is -0.0149. The number of aryl methyl sites for hydroxylation is 1. The zero-order valence-corrected chi connectivity index (χ0v) is 17.4. The maximum absolute atomic E-state index is 13.3. The first-order valence-corrected chi connectivity index (χ1v) is 9.78. The molecule has 1 amide bonds. The number of para-hydroxylation sites is 1. The van der Waals surface area contributed by atoms with Crippen LogP contribution in [0.2, 0.25) is 0 Å². The highest BCUT2D eigenvalue weighted by atomic mass is 32.1. The smallest absolute Gasteiger partial charge is 0.260 e. The lowest BCUT2D eigenvalue weighted by Gasteiger charge is -2.22. The molecule has 5 nitrogen and oxygen atoms in total. The Bertz CT molecular complexity index is 931. The summed E-state index contributed by atoms with van der Waals surface area (Å²) in [7, 11) is 8.00. The molecule has 0 fully saturated rings. The normalized spacial score (nSPS) is 11.2. The average Bonchev–Trinajstić information content (AvgIpc) is 3.07. The lowest BCUT2D eigenvalue weighted by molar-refractivity contribution is 0.0985. The number of benzene rings is 2. The number of likely N-dealkylation sites (N-methyl/N-ethyl adjacent to an activating group) is 1. The van der Waals surface area contributed by atoms with Crippen molar-refractivity contribution in [2.24, 2.45) is 0 Å². The number of hydrogen-bond acceptors (Lipinski definition) is 5. The fourth-order valence-electron chi connectivity index (χ4n) is 2.83. The van der Waals surface area contributed by atoms with Crippen molar-refractivity contribution in [3.05, 3.63) is 53.6 Å². The molecule has 6 heteroatoms. The van der Waals surface area contributed by atoms with Gasteiger partial charge in [-0.1, -0.05) is 23.5 Å². The van der Waals surface area contributed by atoms with Crippen molar-refractivity contribution in [3.63, 3.8) is 0 Å². The molecular formula is C21H26N4OS. The summed E-state index contributed by atoms with van der Waals surface area (Å²) in [5, 5.41) is 0.753. The summed E-state index contributed by atoms with van der Waals surface area (Å²) in [6, 6.07) is 13.9. The van der Waals surface area contributed by atoms with Gasteiger partial charge in [-0.3, -0.25) is 9.69 Å². The van der Waals surface area contributed by atoms with Crippen molar-refractivity contribution in [2.75, 3.05) is 51.1 Å². The maximum atomic E-state index is 13.3. The number of nitrogens with zero attached hydrogens (tertiary/aromatic N) is 4.